The van der Waals surface area contributed by atoms with Gasteiger partial charge in [0.25, 0.3) is 5.91 Å². The lowest BCUT2D eigenvalue weighted by atomic mass is 10.2. The molecule has 1 amide bonds. The lowest BCUT2D eigenvalue weighted by Crippen LogP contribution is -2.30. The van der Waals surface area contributed by atoms with Crippen molar-refractivity contribution in [2.45, 2.75) is 13.8 Å². The fraction of sp³-hybridized carbons (Fsp3) is 0.429. The number of amides is 1. The highest BCUT2D eigenvalue weighted by Crippen LogP contribution is 2.20. The fourth-order valence-electron chi connectivity index (χ4n) is 2.31. The van der Waals surface area contributed by atoms with Gasteiger partial charge in [0.15, 0.2) is 0 Å². The van der Waals surface area contributed by atoms with Crippen LogP contribution >= 0.6 is 0 Å². The monoisotopic (exact) mass is 276 g/mol. The molecule has 0 aromatic carbocycles. The first-order chi connectivity index (χ1) is 9.47. The van der Waals surface area contributed by atoms with E-state index in [-0.39, 0.29) is 12.5 Å². The van der Waals surface area contributed by atoms with E-state index >= 15 is 0 Å². The summed E-state index contributed by atoms with van der Waals surface area (Å²) in [5.41, 5.74) is 2.63. The van der Waals surface area contributed by atoms with Crippen LogP contribution in [-0.2, 0) is 7.05 Å². The second kappa shape index (κ2) is 5.50. The van der Waals surface area contributed by atoms with Crippen LogP contribution < -0.4 is 0 Å². The molecule has 0 spiro atoms. The number of likely N-dealkylation sites (N-methyl/N-ethyl adjacent to an activating group) is 1. The maximum Gasteiger partial charge on any atom is 0.259 e. The Morgan fingerprint density at radius 3 is 2.50 bits per heavy atom. The van der Waals surface area contributed by atoms with Gasteiger partial charge in [0.1, 0.15) is 11.4 Å². The van der Waals surface area contributed by atoms with Gasteiger partial charge in [0.2, 0.25) is 0 Å². The van der Waals surface area contributed by atoms with E-state index < -0.39 is 0 Å². The molecular weight excluding hydrogens is 256 g/mol. The predicted octanol–water partition coefficient (Wildman–Crippen LogP) is 0.892. The summed E-state index contributed by atoms with van der Waals surface area (Å²) in [7, 11) is 3.49. The summed E-state index contributed by atoms with van der Waals surface area (Å²) in [6.45, 7) is 4.23. The van der Waals surface area contributed by atoms with Crippen molar-refractivity contribution in [1.82, 2.24) is 19.2 Å². The van der Waals surface area contributed by atoms with Gasteiger partial charge in [-0.2, -0.15) is 5.10 Å². The number of carbonyl (C=O) groups excluding carboxylic acids is 1. The van der Waals surface area contributed by atoms with Crippen LogP contribution in [0.4, 0.5) is 0 Å². The van der Waals surface area contributed by atoms with E-state index in [4.69, 9.17) is 5.11 Å². The summed E-state index contributed by atoms with van der Waals surface area (Å²) in [5, 5.41) is 13.2. The van der Waals surface area contributed by atoms with Gasteiger partial charge in [-0.15, -0.1) is 0 Å². The van der Waals surface area contributed by atoms with Crippen LogP contribution in [0.25, 0.3) is 5.82 Å². The Morgan fingerprint density at radius 1 is 1.35 bits per heavy atom. The van der Waals surface area contributed by atoms with Crippen molar-refractivity contribution in [2.24, 2.45) is 7.05 Å². The molecule has 0 aliphatic heterocycles. The third-order valence-electron chi connectivity index (χ3n) is 3.40. The van der Waals surface area contributed by atoms with E-state index in [1.54, 1.807) is 17.9 Å². The van der Waals surface area contributed by atoms with E-state index in [2.05, 4.69) is 5.10 Å². The third-order valence-corrected chi connectivity index (χ3v) is 3.40. The number of nitrogens with zero attached hydrogens (tertiary/aromatic N) is 4. The molecule has 2 aromatic heterocycles. The van der Waals surface area contributed by atoms with Crippen molar-refractivity contribution in [1.29, 1.82) is 0 Å². The molecule has 1 N–H and O–H groups in total. The molecule has 2 aromatic rings. The second-order valence-corrected chi connectivity index (χ2v) is 4.91. The maximum absolute atomic E-state index is 12.4. The standard InChI is InChI=1S/C14H20N4O2/c1-10-5-6-11(2)18(10)13-12(9-15-17(13)4)14(20)16(3)7-8-19/h5-6,9,19H,7-8H2,1-4H3. The Labute approximate surface area is 118 Å². The van der Waals surface area contributed by atoms with Crippen molar-refractivity contribution in [3.8, 4) is 5.82 Å². The second-order valence-electron chi connectivity index (χ2n) is 4.91. The zero-order valence-electron chi connectivity index (χ0n) is 12.3. The Kier molecular flexibility index (Phi) is 3.94. The molecule has 6 heteroatoms. The molecule has 0 bridgehead atoms. The van der Waals surface area contributed by atoms with E-state index in [1.807, 2.05) is 37.6 Å². The molecule has 20 heavy (non-hydrogen) atoms. The summed E-state index contributed by atoms with van der Waals surface area (Å²) in [4.78, 5) is 13.9. The van der Waals surface area contributed by atoms with Crippen LogP contribution in [0, 0.1) is 13.8 Å². The van der Waals surface area contributed by atoms with Gasteiger partial charge in [-0.1, -0.05) is 0 Å². The molecule has 0 fully saturated rings. The average Bonchev–Trinajstić information content (AvgIpc) is 2.92. The quantitative estimate of drug-likeness (QED) is 0.902. The van der Waals surface area contributed by atoms with Gasteiger partial charge in [-0.25, -0.2) is 0 Å². The van der Waals surface area contributed by atoms with Crippen molar-refractivity contribution < 1.29 is 9.90 Å². The van der Waals surface area contributed by atoms with E-state index in [9.17, 15) is 4.79 Å². The highest BCUT2D eigenvalue weighted by atomic mass is 16.3. The van der Waals surface area contributed by atoms with Gasteiger partial charge in [0.05, 0.1) is 12.8 Å². The van der Waals surface area contributed by atoms with Crippen LogP contribution in [-0.4, -0.2) is 50.5 Å². The van der Waals surface area contributed by atoms with Crippen LogP contribution in [0.3, 0.4) is 0 Å². The number of aromatic nitrogens is 3. The summed E-state index contributed by atoms with van der Waals surface area (Å²) < 4.78 is 3.70. The van der Waals surface area contributed by atoms with Gasteiger partial charge in [-0.05, 0) is 26.0 Å². The average molecular weight is 276 g/mol. The highest BCUT2D eigenvalue weighted by Gasteiger charge is 2.22. The molecule has 0 atom stereocenters. The third kappa shape index (κ3) is 2.34. The Hall–Kier alpha value is -2.08. The molecule has 2 heterocycles. The molecule has 0 radical (unpaired) electrons. The molecule has 0 unspecified atom stereocenters. The van der Waals surface area contributed by atoms with E-state index in [1.165, 1.54) is 4.90 Å². The Bertz CT molecular complexity index is 608. The minimum atomic E-state index is -0.144. The largest absolute Gasteiger partial charge is 0.395 e. The molecule has 6 nitrogen and oxygen atoms in total. The summed E-state index contributed by atoms with van der Waals surface area (Å²) in [6, 6.07) is 4.02. The Balaban J connectivity index is 2.51. The van der Waals surface area contributed by atoms with E-state index in [0.717, 1.165) is 17.2 Å². The minimum Gasteiger partial charge on any atom is -0.395 e. The van der Waals surface area contributed by atoms with Crippen LogP contribution in [0.2, 0.25) is 0 Å². The molecular formula is C14H20N4O2. The van der Waals surface area contributed by atoms with Gasteiger partial charge >= 0.3 is 0 Å². The number of aliphatic hydroxyl groups excluding tert-OH is 1. The molecule has 2 rings (SSSR count). The maximum atomic E-state index is 12.4. The fourth-order valence-corrected chi connectivity index (χ4v) is 2.31. The normalized spacial score (nSPS) is 10.8. The van der Waals surface area contributed by atoms with Crippen molar-refractivity contribution in [2.75, 3.05) is 20.2 Å². The zero-order chi connectivity index (χ0) is 14.9. The first-order valence-corrected chi connectivity index (χ1v) is 6.51. The van der Waals surface area contributed by atoms with Crippen LogP contribution in [0.5, 0.6) is 0 Å². The Morgan fingerprint density at radius 2 is 1.95 bits per heavy atom. The number of carbonyl (C=O) groups is 1. The van der Waals surface area contributed by atoms with Crippen LogP contribution in [0.1, 0.15) is 21.7 Å². The molecule has 108 valence electrons. The lowest BCUT2D eigenvalue weighted by molar-refractivity contribution is 0.0767. The summed E-state index contributed by atoms with van der Waals surface area (Å²) in [5.74, 6) is 0.606. The molecule has 0 saturated heterocycles. The number of aryl methyl sites for hydroxylation is 3. The molecule has 0 aliphatic rings. The predicted molar refractivity (Wildman–Crippen MR) is 76.1 cm³/mol. The number of rotatable bonds is 4. The smallest absolute Gasteiger partial charge is 0.259 e. The van der Waals surface area contributed by atoms with Crippen molar-refractivity contribution >= 4 is 5.91 Å². The highest BCUT2D eigenvalue weighted by molar-refractivity contribution is 5.97. The first kappa shape index (κ1) is 14.3. The zero-order valence-corrected chi connectivity index (χ0v) is 12.3. The number of aliphatic hydroxyl groups is 1. The van der Waals surface area contributed by atoms with Gasteiger partial charge in [-0.3, -0.25) is 9.48 Å². The van der Waals surface area contributed by atoms with E-state index in [0.29, 0.717) is 12.1 Å². The topological polar surface area (TPSA) is 63.3 Å². The van der Waals surface area contributed by atoms with Crippen molar-refractivity contribution in [3.05, 3.63) is 35.3 Å². The minimum absolute atomic E-state index is 0.0561. The number of hydrogen-bond acceptors (Lipinski definition) is 3. The lowest BCUT2D eigenvalue weighted by Gasteiger charge is -2.17. The van der Waals surface area contributed by atoms with Crippen molar-refractivity contribution in [3.63, 3.8) is 0 Å². The summed E-state index contributed by atoms with van der Waals surface area (Å²) >= 11 is 0. The van der Waals surface area contributed by atoms with Gasteiger partial charge in [0, 0.05) is 32.0 Å². The van der Waals surface area contributed by atoms with Gasteiger partial charge < -0.3 is 14.6 Å². The first-order valence-electron chi connectivity index (χ1n) is 6.51. The van der Waals surface area contributed by atoms with Crippen LogP contribution in [0.15, 0.2) is 18.3 Å². The number of hydrogen-bond donors (Lipinski definition) is 1. The molecule has 0 aliphatic carbocycles. The summed E-state index contributed by atoms with van der Waals surface area (Å²) in [6.07, 6.45) is 1.57. The SMILES string of the molecule is Cc1ccc(C)n1-c1c(C(=O)N(C)CCO)cnn1C. The molecule has 0 saturated carbocycles.